The van der Waals surface area contributed by atoms with Crippen LogP contribution < -0.4 is 15.8 Å². The first kappa shape index (κ1) is 13.8. The van der Waals surface area contributed by atoms with Crippen LogP contribution in [-0.2, 0) is 0 Å². The summed E-state index contributed by atoms with van der Waals surface area (Å²) in [6, 6.07) is 9.87. The Morgan fingerprint density at radius 1 is 1.09 bits per heavy atom. The van der Waals surface area contributed by atoms with Gasteiger partial charge in [-0.25, -0.2) is 0 Å². The van der Waals surface area contributed by atoms with Crippen molar-refractivity contribution in [1.29, 1.82) is 0 Å². The van der Waals surface area contributed by atoms with Crippen LogP contribution in [0.4, 0.5) is 5.69 Å². The number of aromatic nitrogens is 1. The predicted molar refractivity (Wildman–Crippen MR) is 90.6 cm³/mol. The van der Waals surface area contributed by atoms with E-state index in [0.29, 0.717) is 5.41 Å². The first-order valence-electron chi connectivity index (χ1n) is 8.34. The largest absolute Gasteiger partial charge is 0.371 e. The van der Waals surface area contributed by atoms with Crippen LogP contribution in [0.3, 0.4) is 0 Å². The molecule has 2 saturated heterocycles. The van der Waals surface area contributed by atoms with Crippen LogP contribution in [0.5, 0.6) is 0 Å². The van der Waals surface area contributed by atoms with Gasteiger partial charge in [0.15, 0.2) is 0 Å². The second kappa shape index (κ2) is 5.43. The zero-order valence-electron chi connectivity index (χ0n) is 12.9. The Morgan fingerprint density at radius 3 is 2.68 bits per heavy atom. The van der Waals surface area contributed by atoms with Crippen LogP contribution in [0.2, 0.25) is 0 Å². The Labute approximate surface area is 130 Å². The molecule has 2 fully saturated rings. The van der Waals surface area contributed by atoms with E-state index in [1.807, 2.05) is 18.2 Å². The maximum atomic E-state index is 11.9. The van der Waals surface area contributed by atoms with Gasteiger partial charge >= 0.3 is 0 Å². The number of anilines is 1. The number of H-pyrrole nitrogens is 1. The third-order valence-electron chi connectivity index (χ3n) is 5.45. The molecule has 0 saturated carbocycles. The molecule has 4 heteroatoms. The molecule has 4 rings (SSSR count). The monoisotopic (exact) mass is 297 g/mol. The number of aromatic amines is 1. The number of hydrogen-bond donors (Lipinski definition) is 2. The molecule has 2 aliphatic rings. The quantitative estimate of drug-likeness (QED) is 0.850. The van der Waals surface area contributed by atoms with Crippen molar-refractivity contribution < 1.29 is 0 Å². The molecular weight excluding hydrogens is 274 g/mol. The van der Waals surface area contributed by atoms with Crippen molar-refractivity contribution in [2.45, 2.75) is 25.7 Å². The lowest BCUT2D eigenvalue weighted by Gasteiger charge is -2.45. The molecule has 0 aliphatic carbocycles. The van der Waals surface area contributed by atoms with E-state index < -0.39 is 0 Å². The topological polar surface area (TPSA) is 48.1 Å². The van der Waals surface area contributed by atoms with Crippen LogP contribution >= 0.6 is 0 Å². The van der Waals surface area contributed by atoms with Gasteiger partial charge in [0, 0.05) is 31.1 Å². The highest BCUT2D eigenvalue weighted by Gasteiger charge is 2.35. The molecule has 0 amide bonds. The van der Waals surface area contributed by atoms with Crippen LogP contribution in [0.25, 0.3) is 10.9 Å². The van der Waals surface area contributed by atoms with Crippen LogP contribution in [-0.4, -0.2) is 31.2 Å². The molecule has 0 radical (unpaired) electrons. The van der Waals surface area contributed by atoms with E-state index in [0.717, 1.165) is 36.2 Å². The minimum Gasteiger partial charge on any atom is -0.371 e. The summed E-state index contributed by atoms with van der Waals surface area (Å²) in [4.78, 5) is 17.3. The van der Waals surface area contributed by atoms with Crippen molar-refractivity contribution in [2.24, 2.45) is 5.41 Å². The number of nitrogens with zero attached hydrogens (tertiary/aromatic N) is 1. The summed E-state index contributed by atoms with van der Waals surface area (Å²) in [7, 11) is 0. The number of piperidine rings is 2. The summed E-state index contributed by atoms with van der Waals surface area (Å²) >= 11 is 0. The fourth-order valence-corrected chi connectivity index (χ4v) is 4.13. The summed E-state index contributed by atoms with van der Waals surface area (Å²) in [6.45, 7) is 4.44. The third kappa shape index (κ3) is 2.41. The minimum atomic E-state index is -0.00619. The van der Waals surface area contributed by atoms with Gasteiger partial charge in [0.05, 0.1) is 11.2 Å². The Bertz CT molecular complexity index is 720. The van der Waals surface area contributed by atoms with Gasteiger partial charge in [-0.1, -0.05) is 18.2 Å². The molecule has 0 atom stereocenters. The summed E-state index contributed by atoms with van der Waals surface area (Å²) in [5.41, 5.74) is 2.52. The van der Waals surface area contributed by atoms with E-state index in [4.69, 9.17) is 0 Å². The van der Waals surface area contributed by atoms with Crippen molar-refractivity contribution in [1.82, 2.24) is 10.3 Å². The number of fused-ring (bicyclic) bond motifs is 1. The predicted octanol–water partition coefficient (Wildman–Crippen LogP) is 2.50. The molecule has 1 aromatic heterocycles. The fraction of sp³-hybridized carbons (Fsp3) is 0.500. The van der Waals surface area contributed by atoms with Gasteiger partial charge in [0.25, 0.3) is 0 Å². The Balaban J connectivity index is 1.62. The van der Waals surface area contributed by atoms with E-state index >= 15 is 0 Å². The molecule has 1 aromatic carbocycles. The van der Waals surface area contributed by atoms with Crippen LogP contribution in [0, 0.1) is 5.41 Å². The lowest BCUT2D eigenvalue weighted by molar-refractivity contribution is 0.161. The second-order valence-corrected chi connectivity index (χ2v) is 6.83. The van der Waals surface area contributed by atoms with Gasteiger partial charge in [-0.3, -0.25) is 4.79 Å². The van der Waals surface area contributed by atoms with Crippen molar-refractivity contribution in [3.8, 4) is 0 Å². The average molecular weight is 297 g/mol. The number of rotatable bonds is 1. The minimum absolute atomic E-state index is 0.00619. The Morgan fingerprint density at radius 2 is 1.91 bits per heavy atom. The van der Waals surface area contributed by atoms with Gasteiger partial charge in [-0.05, 0) is 43.7 Å². The van der Waals surface area contributed by atoms with Crippen LogP contribution in [0.15, 0.2) is 35.1 Å². The highest BCUT2D eigenvalue weighted by atomic mass is 16.1. The molecule has 0 bridgehead atoms. The fourth-order valence-electron chi connectivity index (χ4n) is 4.13. The Hall–Kier alpha value is -1.81. The smallest absolute Gasteiger partial charge is 0.250 e. The summed E-state index contributed by atoms with van der Waals surface area (Å²) in [5, 5.41) is 4.72. The van der Waals surface area contributed by atoms with Crippen molar-refractivity contribution >= 4 is 16.6 Å². The summed E-state index contributed by atoms with van der Waals surface area (Å²) in [6.07, 6.45) is 5.10. The molecule has 2 aromatic rings. The van der Waals surface area contributed by atoms with E-state index in [1.54, 1.807) is 6.07 Å². The standard InChI is InChI=1S/C18H23N3O/c22-17-12-16(14-4-1-2-5-15(14)20-17)21-10-7-18(8-11-21)6-3-9-19-13-18/h1-2,4-5,12,19H,3,6-11,13H2,(H,20,22). The first-order chi connectivity index (χ1) is 10.8. The molecule has 4 nitrogen and oxygen atoms in total. The normalized spacial score (nSPS) is 21.4. The average Bonchev–Trinajstić information content (AvgIpc) is 2.56. The molecule has 3 heterocycles. The maximum Gasteiger partial charge on any atom is 0.250 e. The summed E-state index contributed by atoms with van der Waals surface area (Å²) < 4.78 is 0. The number of nitrogens with one attached hydrogen (secondary N) is 2. The lowest BCUT2D eigenvalue weighted by Crippen LogP contribution is -2.48. The number of para-hydroxylation sites is 1. The second-order valence-electron chi connectivity index (χ2n) is 6.83. The van der Waals surface area contributed by atoms with Gasteiger partial charge in [0.1, 0.15) is 0 Å². The molecule has 1 spiro atoms. The molecule has 2 aliphatic heterocycles. The third-order valence-corrected chi connectivity index (χ3v) is 5.45. The highest BCUT2D eigenvalue weighted by molar-refractivity contribution is 5.91. The Kier molecular flexibility index (Phi) is 3.41. The molecule has 116 valence electrons. The van der Waals surface area contributed by atoms with Crippen LogP contribution in [0.1, 0.15) is 25.7 Å². The van der Waals surface area contributed by atoms with Crippen molar-refractivity contribution in [2.75, 3.05) is 31.1 Å². The van der Waals surface area contributed by atoms with E-state index in [-0.39, 0.29) is 5.56 Å². The zero-order chi connectivity index (χ0) is 15.0. The number of hydrogen-bond acceptors (Lipinski definition) is 3. The molecule has 22 heavy (non-hydrogen) atoms. The van der Waals surface area contributed by atoms with Crippen molar-refractivity contribution in [3.63, 3.8) is 0 Å². The van der Waals surface area contributed by atoms with Gasteiger partial charge < -0.3 is 15.2 Å². The first-order valence-corrected chi connectivity index (χ1v) is 8.34. The zero-order valence-corrected chi connectivity index (χ0v) is 12.9. The van der Waals surface area contributed by atoms with E-state index in [1.165, 1.54) is 32.2 Å². The molecule has 0 unspecified atom stereocenters. The maximum absolute atomic E-state index is 11.9. The van der Waals surface area contributed by atoms with E-state index in [2.05, 4.69) is 21.3 Å². The SMILES string of the molecule is O=c1cc(N2CCC3(CCCNC3)CC2)c2ccccc2[nH]1. The van der Waals surface area contributed by atoms with Gasteiger partial charge in [0.2, 0.25) is 5.56 Å². The van der Waals surface area contributed by atoms with Crippen molar-refractivity contribution in [3.05, 3.63) is 40.7 Å². The number of pyridine rings is 1. The van der Waals surface area contributed by atoms with Gasteiger partial charge in [-0.15, -0.1) is 0 Å². The highest BCUT2D eigenvalue weighted by Crippen LogP contribution is 2.39. The number of benzene rings is 1. The van der Waals surface area contributed by atoms with Gasteiger partial charge in [-0.2, -0.15) is 0 Å². The summed E-state index contributed by atoms with van der Waals surface area (Å²) in [5.74, 6) is 0. The molecular formula is C18H23N3O. The molecule has 2 N–H and O–H groups in total. The van der Waals surface area contributed by atoms with E-state index in [9.17, 15) is 4.79 Å². The lowest BCUT2D eigenvalue weighted by atomic mass is 9.73.